The Morgan fingerprint density at radius 1 is 0.850 bits per heavy atom. The number of aromatic nitrogens is 1. The summed E-state index contributed by atoms with van der Waals surface area (Å²) in [4.78, 5) is 5.39. The number of para-hydroxylation sites is 2. The maximum absolute atomic E-state index is 13.1. The van der Waals surface area contributed by atoms with Gasteiger partial charge >= 0.3 is 6.18 Å². The summed E-state index contributed by atoms with van der Waals surface area (Å²) in [6, 6.07) is 16.0. The van der Waals surface area contributed by atoms with Gasteiger partial charge in [-0.15, -0.1) is 0 Å². The number of hydrogen-bond acceptors (Lipinski definition) is 1. The summed E-state index contributed by atoms with van der Waals surface area (Å²) >= 11 is 0. The molecule has 0 aliphatic heterocycles. The van der Waals surface area contributed by atoms with E-state index in [2.05, 4.69) is 0 Å². The Kier molecular flexibility index (Phi) is 2.89. The zero-order valence-corrected chi connectivity index (χ0v) is 10.3. The molecule has 0 unspecified atom stereocenters. The van der Waals surface area contributed by atoms with Crippen LogP contribution < -0.4 is 4.84 Å². The molecule has 3 aromatic rings. The number of fused-ring (bicyclic) bond motifs is 1. The lowest BCUT2D eigenvalue weighted by atomic mass is 10.2. The van der Waals surface area contributed by atoms with E-state index in [1.54, 1.807) is 54.6 Å². The van der Waals surface area contributed by atoms with Crippen molar-refractivity contribution in [3.63, 3.8) is 0 Å². The first kappa shape index (κ1) is 12.6. The summed E-state index contributed by atoms with van der Waals surface area (Å²) in [6.45, 7) is 0. The van der Waals surface area contributed by atoms with E-state index >= 15 is 0 Å². The summed E-state index contributed by atoms with van der Waals surface area (Å²) in [5.74, 6) is 0.347. The molecule has 0 saturated carbocycles. The minimum Gasteiger partial charge on any atom is -0.375 e. The molecule has 0 saturated heterocycles. The lowest BCUT2D eigenvalue weighted by molar-refractivity contribution is -0.148. The number of hydrogen-bond donors (Lipinski definition) is 0. The molecule has 1 heterocycles. The predicted molar refractivity (Wildman–Crippen MR) is 69.4 cm³/mol. The molecule has 3 rings (SSSR count). The third-order valence-corrected chi connectivity index (χ3v) is 2.90. The van der Waals surface area contributed by atoms with Crippen LogP contribution in [0.4, 0.5) is 13.2 Å². The van der Waals surface area contributed by atoms with Crippen molar-refractivity contribution in [2.75, 3.05) is 0 Å². The highest BCUT2D eigenvalue weighted by atomic mass is 19.4. The normalized spacial score (nSPS) is 11.8. The number of rotatable bonds is 2. The molecule has 0 fully saturated rings. The summed E-state index contributed by atoms with van der Waals surface area (Å²) in [6.07, 6.45) is -4.48. The van der Waals surface area contributed by atoms with Crippen LogP contribution in [-0.2, 0) is 6.18 Å². The molecular formula is C15H10F3NO. The lowest BCUT2D eigenvalue weighted by Gasteiger charge is -2.13. The first-order chi connectivity index (χ1) is 9.55. The highest BCUT2D eigenvalue weighted by molar-refractivity contribution is 5.81. The Morgan fingerprint density at radius 3 is 2.20 bits per heavy atom. The van der Waals surface area contributed by atoms with Gasteiger partial charge in [0.15, 0.2) is 11.4 Å². The minimum absolute atomic E-state index is 0.347. The van der Waals surface area contributed by atoms with Gasteiger partial charge in [0.2, 0.25) is 0 Å². The van der Waals surface area contributed by atoms with Gasteiger partial charge in [-0.25, -0.2) is 0 Å². The van der Waals surface area contributed by atoms with Crippen LogP contribution in [0.25, 0.3) is 10.9 Å². The zero-order valence-electron chi connectivity index (χ0n) is 10.3. The molecule has 0 amide bonds. The van der Waals surface area contributed by atoms with Crippen molar-refractivity contribution in [3.8, 4) is 5.75 Å². The number of halogens is 3. The monoisotopic (exact) mass is 277 g/mol. The summed E-state index contributed by atoms with van der Waals surface area (Å²) in [5.41, 5.74) is -0.453. The van der Waals surface area contributed by atoms with Gasteiger partial charge in [0, 0.05) is 5.39 Å². The second-order valence-electron chi connectivity index (χ2n) is 4.28. The topological polar surface area (TPSA) is 14.2 Å². The highest BCUT2D eigenvalue weighted by Gasteiger charge is 2.36. The third-order valence-electron chi connectivity index (χ3n) is 2.90. The van der Waals surface area contributed by atoms with Crippen LogP contribution in [0, 0.1) is 0 Å². The number of nitrogens with zero attached hydrogens (tertiary/aromatic N) is 1. The second kappa shape index (κ2) is 4.59. The molecule has 20 heavy (non-hydrogen) atoms. The van der Waals surface area contributed by atoms with Crippen LogP contribution in [0.3, 0.4) is 0 Å². The summed E-state index contributed by atoms with van der Waals surface area (Å²) < 4.78 is 40.1. The van der Waals surface area contributed by atoms with E-state index in [4.69, 9.17) is 4.84 Å². The van der Waals surface area contributed by atoms with Crippen LogP contribution in [0.15, 0.2) is 60.7 Å². The van der Waals surface area contributed by atoms with Gasteiger partial charge in [-0.2, -0.15) is 17.9 Å². The van der Waals surface area contributed by atoms with Gasteiger partial charge < -0.3 is 4.84 Å². The van der Waals surface area contributed by atoms with Crippen LogP contribution in [0.2, 0.25) is 0 Å². The van der Waals surface area contributed by atoms with Crippen molar-refractivity contribution >= 4 is 10.9 Å². The molecule has 0 N–H and O–H groups in total. The maximum Gasteiger partial charge on any atom is 0.434 e. The third kappa shape index (κ3) is 2.22. The smallest absolute Gasteiger partial charge is 0.375 e. The molecule has 2 aromatic carbocycles. The van der Waals surface area contributed by atoms with Crippen LogP contribution in [-0.4, -0.2) is 4.73 Å². The molecule has 0 bridgehead atoms. The molecule has 0 aliphatic rings. The van der Waals surface area contributed by atoms with E-state index in [1.807, 2.05) is 0 Å². The standard InChI is InChI=1S/C15H10F3NO/c16-15(17,18)14-10-11-6-4-5-9-13(11)19(14)20-12-7-2-1-3-8-12/h1-10H. The van der Waals surface area contributed by atoms with E-state index in [0.717, 1.165) is 10.8 Å². The van der Waals surface area contributed by atoms with E-state index in [1.165, 1.54) is 0 Å². The Balaban J connectivity index is 2.16. The first-order valence-corrected chi connectivity index (χ1v) is 5.97. The van der Waals surface area contributed by atoms with Crippen molar-refractivity contribution in [2.24, 2.45) is 0 Å². The molecule has 0 radical (unpaired) electrons. The molecule has 0 spiro atoms. The molecule has 1 aromatic heterocycles. The Morgan fingerprint density at radius 2 is 1.50 bits per heavy atom. The Labute approximate surface area is 113 Å². The second-order valence-corrected chi connectivity index (χ2v) is 4.28. The Hall–Kier alpha value is -2.43. The minimum atomic E-state index is -4.48. The highest BCUT2D eigenvalue weighted by Crippen LogP contribution is 2.34. The average Bonchev–Trinajstić information content (AvgIpc) is 2.79. The van der Waals surface area contributed by atoms with Crippen molar-refractivity contribution in [3.05, 3.63) is 66.4 Å². The van der Waals surface area contributed by atoms with Crippen LogP contribution in [0.5, 0.6) is 5.75 Å². The van der Waals surface area contributed by atoms with E-state index in [9.17, 15) is 13.2 Å². The Bertz CT molecular complexity index is 732. The zero-order chi connectivity index (χ0) is 14.2. The fourth-order valence-corrected chi connectivity index (χ4v) is 2.01. The first-order valence-electron chi connectivity index (χ1n) is 5.97. The van der Waals surface area contributed by atoms with Crippen molar-refractivity contribution in [1.82, 2.24) is 4.73 Å². The predicted octanol–water partition coefficient (Wildman–Crippen LogP) is 4.50. The quantitative estimate of drug-likeness (QED) is 0.672. The van der Waals surface area contributed by atoms with Crippen molar-refractivity contribution < 1.29 is 18.0 Å². The molecule has 5 heteroatoms. The van der Waals surface area contributed by atoms with Gasteiger partial charge in [-0.3, -0.25) is 0 Å². The molecule has 0 aliphatic carbocycles. The SMILES string of the molecule is FC(F)(F)c1cc2ccccc2n1Oc1ccccc1. The van der Waals surface area contributed by atoms with Crippen LogP contribution >= 0.6 is 0 Å². The average molecular weight is 277 g/mol. The van der Waals surface area contributed by atoms with Gasteiger partial charge in [-0.05, 0) is 24.3 Å². The van der Waals surface area contributed by atoms with Crippen molar-refractivity contribution in [1.29, 1.82) is 0 Å². The maximum atomic E-state index is 13.1. The molecule has 0 atom stereocenters. The fraction of sp³-hybridized carbons (Fsp3) is 0.0667. The number of benzene rings is 2. The number of alkyl halides is 3. The summed E-state index contributed by atoms with van der Waals surface area (Å²) in [5, 5.41) is 0.482. The van der Waals surface area contributed by atoms with Crippen molar-refractivity contribution in [2.45, 2.75) is 6.18 Å². The largest absolute Gasteiger partial charge is 0.434 e. The summed E-state index contributed by atoms with van der Waals surface area (Å²) in [7, 11) is 0. The molecular weight excluding hydrogens is 267 g/mol. The van der Waals surface area contributed by atoms with Gasteiger partial charge in [0.05, 0.1) is 5.52 Å². The molecule has 102 valence electrons. The fourth-order valence-electron chi connectivity index (χ4n) is 2.01. The van der Waals surface area contributed by atoms with Crippen LogP contribution in [0.1, 0.15) is 5.69 Å². The molecule has 2 nitrogen and oxygen atoms in total. The van der Waals surface area contributed by atoms with Gasteiger partial charge in [-0.1, -0.05) is 36.4 Å². The van der Waals surface area contributed by atoms with E-state index in [-0.39, 0.29) is 0 Å². The van der Waals surface area contributed by atoms with E-state index in [0.29, 0.717) is 16.7 Å². The van der Waals surface area contributed by atoms with E-state index < -0.39 is 11.9 Å². The lowest BCUT2D eigenvalue weighted by Crippen LogP contribution is -2.16. The van der Waals surface area contributed by atoms with Gasteiger partial charge in [0.25, 0.3) is 0 Å². The van der Waals surface area contributed by atoms with Gasteiger partial charge in [0.1, 0.15) is 0 Å².